The van der Waals surface area contributed by atoms with Crippen molar-refractivity contribution in [3.05, 3.63) is 29.3 Å². The van der Waals surface area contributed by atoms with Gasteiger partial charge in [-0.25, -0.2) is 17.2 Å². The average molecular weight is 261 g/mol. The lowest BCUT2D eigenvalue weighted by molar-refractivity contribution is 0.534. The molecule has 1 aliphatic heterocycles. The maximum Gasteiger partial charge on any atom is 0.186 e. The third-order valence-electron chi connectivity index (χ3n) is 3.08. The fourth-order valence-corrected chi connectivity index (χ4v) is 4.55. The van der Waals surface area contributed by atoms with E-state index < -0.39 is 37.7 Å². The van der Waals surface area contributed by atoms with Crippen molar-refractivity contribution in [1.82, 2.24) is 0 Å². The molecule has 1 aromatic rings. The van der Waals surface area contributed by atoms with E-state index in [2.05, 4.69) is 0 Å². The summed E-state index contributed by atoms with van der Waals surface area (Å²) in [5.41, 5.74) is 5.53. The lowest BCUT2D eigenvalue weighted by Gasteiger charge is -2.13. The zero-order valence-electron chi connectivity index (χ0n) is 9.28. The van der Waals surface area contributed by atoms with Gasteiger partial charge in [0.25, 0.3) is 0 Å². The Bertz CT molecular complexity index is 557. The minimum Gasteiger partial charge on any atom is -0.323 e. The van der Waals surface area contributed by atoms with E-state index in [9.17, 15) is 17.2 Å². The van der Waals surface area contributed by atoms with Gasteiger partial charge in [0, 0.05) is 5.56 Å². The first-order chi connectivity index (χ1) is 7.91. The van der Waals surface area contributed by atoms with Gasteiger partial charge in [0.15, 0.2) is 9.84 Å². The van der Waals surface area contributed by atoms with Crippen molar-refractivity contribution in [1.29, 1.82) is 0 Å². The summed E-state index contributed by atoms with van der Waals surface area (Å²) in [5.74, 6) is -1.67. The van der Waals surface area contributed by atoms with E-state index in [0.717, 1.165) is 12.1 Å². The SMILES string of the molecule is CCCC1C(N)c2c(F)ccc(F)c2S1(=O)=O. The molecule has 0 saturated heterocycles. The summed E-state index contributed by atoms with van der Waals surface area (Å²) in [4.78, 5) is -0.552. The quantitative estimate of drug-likeness (QED) is 0.884. The van der Waals surface area contributed by atoms with Crippen molar-refractivity contribution in [2.75, 3.05) is 0 Å². The maximum atomic E-state index is 13.6. The number of halogens is 2. The fourth-order valence-electron chi connectivity index (χ4n) is 2.30. The molecule has 17 heavy (non-hydrogen) atoms. The van der Waals surface area contributed by atoms with E-state index in [4.69, 9.17) is 5.73 Å². The number of hydrogen-bond acceptors (Lipinski definition) is 3. The van der Waals surface area contributed by atoms with Crippen LogP contribution in [-0.2, 0) is 9.84 Å². The van der Waals surface area contributed by atoms with Gasteiger partial charge in [-0.2, -0.15) is 0 Å². The summed E-state index contributed by atoms with van der Waals surface area (Å²) in [6.45, 7) is 1.80. The number of benzene rings is 1. The zero-order valence-corrected chi connectivity index (χ0v) is 10.1. The molecule has 1 aromatic carbocycles. The van der Waals surface area contributed by atoms with Gasteiger partial charge in [0.1, 0.15) is 16.5 Å². The lowest BCUT2D eigenvalue weighted by atomic mass is 10.0. The molecule has 2 unspecified atom stereocenters. The van der Waals surface area contributed by atoms with Crippen molar-refractivity contribution in [3.8, 4) is 0 Å². The van der Waals surface area contributed by atoms with Gasteiger partial charge in [-0.1, -0.05) is 13.3 Å². The predicted octanol–water partition coefficient (Wildman–Crippen LogP) is 1.92. The molecule has 0 amide bonds. The van der Waals surface area contributed by atoms with Gasteiger partial charge in [0.05, 0.1) is 11.3 Å². The van der Waals surface area contributed by atoms with E-state index in [0.29, 0.717) is 12.8 Å². The Morgan fingerprint density at radius 2 is 1.88 bits per heavy atom. The molecule has 0 aliphatic carbocycles. The van der Waals surface area contributed by atoms with Crippen molar-refractivity contribution in [2.45, 2.75) is 36.0 Å². The monoisotopic (exact) mass is 261 g/mol. The van der Waals surface area contributed by atoms with Crippen LogP contribution in [0.3, 0.4) is 0 Å². The average Bonchev–Trinajstić information content (AvgIpc) is 2.46. The molecule has 6 heteroatoms. The predicted molar refractivity (Wildman–Crippen MR) is 59.2 cm³/mol. The number of hydrogen-bond donors (Lipinski definition) is 1. The summed E-state index contributed by atoms with van der Waals surface area (Å²) in [5, 5.41) is -0.922. The molecule has 0 bridgehead atoms. The topological polar surface area (TPSA) is 60.2 Å². The second-order valence-corrected chi connectivity index (χ2v) is 6.27. The summed E-state index contributed by atoms with van der Waals surface area (Å²) in [6.07, 6.45) is 0.895. The zero-order chi connectivity index (χ0) is 12.8. The Labute approximate surface area is 98.5 Å². The van der Waals surface area contributed by atoms with Crippen LogP contribution in [-0.4, -0.2) is 13.7 Å². The van der Waals surface area contributed by atoms with Gasteiger partial charge < -0.3 is 5.73 Å². The molecule has 2 rings (SSSR count). The maximum absolute atomic E-state index is 13.6. The second kappa shape index (κ2) is 4.03. The number of sulfone groups is 1. The van der Waals surface area contributed by atoms with Crippen LogP contribution in [0.4, 0.5) is 8.78 Å². The Morgan fingerprint density at radius 1 is 1.29 bits per heavy atom. The molecule has 1 heterocycles. The van der Waals surface area contributed by atoms with E-state index >= 15 is 0 Å². The molecule has 2 N–H and O–H groups in total. The van der Waals surface area contributed by atoms with E-state index in [1.807, 2.05) is 0 Å². The van der Waals surface area contributed by atoms with Crippen LogP contribution in [0.25, 0.3) is 0 Å². The van der Waals surface area contributed by atoms with Gasteiger partial charge in [0.2, 0.25) is 0 Å². The van der Waals surface area contributed by atoms with Crippen LogP contribution in [0.1, 0.15) is 31.4 Å². The van der Waals surface area contributed by atoms with E-state index in [1.54, 1.807) is 6.92 Å². The van der Waals surface area contributed by atoms with Gasteiger partial charge in [-0.3, -0.25) is 0 Å². The van der Waals surface area contributed by atoms with E-state index in [-0.39, 0.29) is 5.56 Å². The molecular weight excluding hydrogens is 248 g/mol. The highest BCUT2D eigenvalue weighted by Crippen LogP contribution is 2.42. The third-order valence-corrected chi connectivity index (χ3v) is 5.39. The van der Waals surface area contributed by atoms with Gasteiger partial charge in [-0.05, 0) is 18.6 Å². The first kappa shape index (κ1) is 12.4. The van der Waals surface area contributed by atoms with Gasteiger partial charge in [-0.15, -0.1) is 0 Å². The van der Waals surface area contributed by atoms with Crippen LogP contribution in [0, 0.1) is 11.6 Å². The molecule has 2 atom stereocenters. The Kier molecular flexibility index (Phi) is 2.95. The highest BCUT2D eigenvalue weighted by molar-refractivity contribution is 7.92. The molecule has 94 valence electrons. The van der Waals surface area contributed by atoms with Crippen molar-refractivity contribution < 1.29 is 17.2 Å². The highest BCUT2D eigenvalue weighted by Gasteiger charge is 2.46. The summed E-state index contributed by atoms with van der Waals surface area (Å²) < 4.78 is 51.3. The molecule has 0 aromatic heterocycles. The second-order valence-electron chi connectivity index (χ2n) is 4.17. The fraction of sp³-hybridized carbons (Fsp3) is 0.455. The van der Waals surface area contributed by atoms with Crippen molar-refractivity contribution in [3.63, 3.8) is 0 Å². The number of fused-ring (bicyclic) bond motifs is 1. The highest BCUT2D eigenvalue weighted by atomic mass is 32.2. The first-order valence-corrected chi connectivity index (χ1v) is 6.93. The Balaban J connectivity index is 2.70. The van der Waals surface area contributed by atoms with Gasteiger partial charge >= 0.3 is 0 Å². The van der Waals surface area contributed by atoms with Crippen LogP contribution >= 0.6 is 0 Å². The minimum absolute atomic E-state index is 0.205. The van der Waals surface area contributed by atoms with Crippen LogP contribution in [0.15, 0.2) is 17.0 Å². The Morgan fingerprint density at radius 3 is 2.41 bits per heavy atom. The summed E-state index contributed by atoms with van der Waals surface area (Å²) in [7, 11) is -3.85. The summed E-state index contributed by atoms with van der Waals surface area (Å²) in [6, 6.07) is 0.760. The molecule has 1 aliphatic rings. The normalized spacial score (nSPS) is 25.9. The van der Waals surface area contributed by atoms with Crippen LogP contribution < -0.4 is 5.73 Å². The number of rotatable bonds is 2. The third kappa shape index (κ3) is 1.66. The standard InChI is InChI=1S/C11H13F2NO2S/c1-2-3-8-10(14)9-6(12)4-5-7(13)11(9)17(8,15)16/h4-5,8,10H,2-3,14H2,1H3. The molecule has 0 radical (unpaired) electrons. The largest absolute Gasteiger partial charge is 0.323 e. The molecule has 0 spiro atoms. The molecule has 0 fully saturated rings. The lowest BCUT2D eigenvalue weighted by Crippen LogP contribution is -2.26. The molecular formula is C11H13F2NO2S. The summed E-state index contributed by atoms with van der Waals surface area (Å²) >= 11 is 0. The van der Waals surface area contributed by atoms with E-state index in [1.165, 1.54) is 0 Å². The number of nitrogens with two attached hydrogens (primary N) is 1. The Hall–Kier alpha value is -1.01. The molecule has 3 nitrogen and oxygen atoms in total. The molecule has 0 saturated carbocycles. The first-order valence-electron chi connectivity index (χ1n) is 5.38. The van der Waals surface area contributed by atoms with Crippen LogP contribution in [0.5, 0.6) is 0 Å². The minimum atomic E-state index is -3.85. The van der Waals surface area contributed by atoms with Crippen molar-refractivity contribution >= 4 is 9.84 Å². The smallest absolute Gasteiger partial charge is 0.186 e. The van der Waals surface area contributed by atoms with Crippen molar-refractivity contribution in [2.24, 2.45) is 5.73 Å². The van der Waals surface area contributed by atoms with Crippen LogP contribution in [0.2, 0.25) is 0 Å².